The summed E-state index contributed by atoms with van der Waals surface area (Å²) in [6.45, 7) is 2.13. The zero-order valence-corrected chi connectivity index (χ0v) is 17.9. The van der Waals surface area contributed by atoms with E-state index in [2.05, 4.69) is 50.2 Å². The van der Waals surface area contributed by atoms with Crippen LogP contribution in [0, 0.1) is 0 Å². The predicted octanol–water partition coefficient (Wildman–Crippen LogP) is 3.68. The maximum absolute atomic E-state index is 12.9. The van der Waals surface area contributed by atoms with E-state index in [1.54, 1.807) is 36.4 Å². The molecule has 4 aromatic rings. The molecule has 162 valence electrons. The number of piperidine rings is 1. The second-order valence-corrected chi connectivity index (χ2v) is 8.04. The summed E-state index contributed by atoms with van der Waals surface area (Å²) in [6, 6.07) is 12.2. The van der Waals surface area contributed by atoms with Crippen molar-refractivity contribution in [2.24, 2.45) is 7.05 Å². The summed E-state index contributed by atoms with van der Waals surface area (Å²) >= 11 is 0. The third kappa shape index (κ3) is 4.17. The fourth-order valence-electron chi connectivity index (χ4n) is 4.14. The van der Waals surface area contributed by atoms with Crippen LogP contribution in [0.15, 0.2) is 66.0 Å². The van der Waals surface area contributed by atoms with Crippen LogP contribution < -0.4 is 21.5 Å². The van der Waals surface area contributed by atoms with Gasteiger partial charge in [-0.05, 0) is 67.1 Å². The average Bonchev–Trinajstić information content (AvgIpc) is 2.83. The maximum Gasteiger partial charge on any atom is 0.261 e. The molecule has 3 N–H and O–H groups in total. The van der Waals surface area contributed by atoms with Crippen molar-refractivity contribution in [3.63, 3.8) is 0 Å². The normalized spacial score (nSPS) is 14.4. The first-order valence-corrected chi connectivity index (χ1v) is 10.8. The van der Waals surface area contributed by atoms with E-state index in [-0.39, 0.29) is 5.56 Å². The van der Waals surface area contributed by atoms with Gasteiger partial charge in [0.05, 0.1) is 11.6 Å². The van der Waals surface area contributed by atoms with Gasteiger partial charge >= 0.3 is 0 Å². The first kappa shape index (κ1) is 20.1. The lowest BCUT2D eigenvalue weighted by molar-refractivity contribution is 0.460. The molecule has 1 aliphatic heterocycles. The van der Waals surface area contributed by atoms with Gasteiger partial charge in [-0.2, -0.15) is 0 Å². The molecule has 1 fully saturated rings. The first-order chi connectivity index (χ1) is 15.7. The smallest absolute Gasteiger partial charge is 0.261 e. The average molecular weight is 428 g/mol. The van der Waals surface area contributed by atoms with E-state index < -0.39 is 0 Å². The number of anilines is 4. The summed E-state index contributed by atoms with van der Waals surface area (Å²) in [6.07, 6.45) is 8.93. The standard InChI is InChI=1S/C24H25N7O/c1-31-13-8-18-14-20(29-21-15-26-11-12-27-21)30-23(22(18)24(31)32)28-19-4-2-16(3-5-19)17-6-9-25-10-7-17/h2-5,8,11-15,17,25H,6-7,9-10H2,1H3,(H2,27,28,29,30). The summed E-state index contributed by atoms with van der Waals surface area (Å²) in [7, 11) is 1.74. The molecule has 8 nitrogen and oxygen atoms in total. The van der Waals surface area contributed by atoms with Crippen LogP contribution in [-0.4, -0.2) is 32.6 Å². The van der Waals surface area contributed by atoms with Crippen molar-refractivity contribution in [1.82, 2.24) is 24.8 Å². The van der Waals surface area contributed by atoms with Gasteiger partial charge in [0.15, 0.2) is 0 Å². The van der Waals surface area contributed by atoms with Gasteiger partial charge in [-0.15, -0.1) is 0 Å². The highest BCUT2D eigenvalue weighted by atomic mass is 16.1. The van der Waals surface area contributed by atoms with Crippen LogP contribution in [0.25, 0.3) is 10.8 Å². The third-order valence-corrected chi connectivity index (χ3v) is 5.87. The van der Waals surface area contributed by atoms with Gasteiger partial charge in [0.2, 0.25) is 0 Å². The Bertz CT molecular complexity index is 1280. The Kier molecular flexibility index (Phi) is 5.51. The Morgan fingerprint density at radius 2 is 1.84 bits per heavy atom. The molecule has 5 rings (SSSR count). The molecule has 4 heterocycles. The van der Waals surface area contributed by atoms with E-state index >= 15 is 0 Å². The maximum atomic E-state index is 12.9. The number of nitrogens with zero attached hydrogens (tertiary/aromatic N) is 4. The number of rotatable bonds is 5. The predicted molar refractivity (Wildman–Crippen MR) is 127 cm³/mol. The lowest BCUT2D eigenvalue weighted by Crippen LogP contribution is -2.26. The minimum Gasteiger partial charge on any atom is -0.339 e. The molecule has 0 aliphatic carbocycles. The van der Waals surface area contributed by atoms with Crippen LogP contribution in [0.5, 0.6) is 0 Å². The Morgan fingerprint density at radius 1 is 1.03 bits per heavy atom. The van der Waals surface area contributed by atoms with E-state index in [9.17, 15) is 4.79 Å². The minimum atomic E-state index is -0.102. The number of aromatic nitrogens is 4. The molecule has 0 radical (unpaired) electrons. The topological polar surface area (TPSA) is 96.8 Å². The number of hydrogen-bond acceptors (Lipinski definition) is 7. The number of aryl methyl sites for hydroxylation is 1. The van der Waals surface area contributed by atoms with Gasteiger partial charge in [0, 0.05) is 31.3 Å². The Balaban J connectivity index is 1.50. The van der Waals surface area contributed by atoms with Gasteiger partial charge in [0.25, 0.3) is 5.56 Å². The largest absolute Gasteiger partial charge is 0.339 e. The van der Waals surface area contributed by atoms with Gasteiger partial charge in [0.1, 0.15) is 17.5 Å². The van der Waals surface area contributed by atoms with Gasteiger partial charge in [-0.1, -0.05) is 12.1 Å². The SMILES string of the molecule is Cn1ccc2cc(Nc3cnccn3)nc(Nc3ccc(C4CCNCC4)cc3)c2c1=O. The molecule has 0 unspecified atom stereocenters. The molecular weight excluding hydrogens is 402 g/mol. The molecule has 1 aromatic carbocycles. The summed E-state index contributed by atoms with van der Waals surface area (Å²) in [4.78, 5) is 25.9. The highest BCUT2D eigenvalue weighted by Gasteiger charge is 2.16. The molecule has 0 atom stereocenters. The van der Waals surface area contributed by atoms with E-state index in [0.29, 0.717) is 28.8 Å². The zero-order valence-electron chi connectivity index (χ0n) is 17.9. The van der Waals surface area contributed by atoms with Crippen molar-refractivity contribution < 1.29 is 0 Å². The van der Waals surface area contributed by atoms with Gasteiger partial charge < -0.3 is 20.5 Å². The number of fused-ring (bicyclic) bond motifs is 1. The fourth-order valence-corrected chi connectivity index (χ4v) is 4.14. The summed E-state index contributed by atoms with van der Waals surface area (Å²) < 4.78 is 1.56. The van der Waals surface area contributed by atoms with E-state index in [4.69, 9.17) is 4.98 Å². The number of benzene rings is 1. The quantitative estimate of drug-likeness (QED) is 0.447. The molecule has 0 amide bonds. The zero-order chi connectivity index (χ0) is 21.9. The van der Waals surface area contributed by atoms with Crippen molar-refractivity contribution in [3.8, 4) is 0 Å². The molecule has 0 spiro atoms. The highest BCUT2D eigenvalue weighted by molar-refractivity contribution is 5.94. The molecule has 0 saturated carbocycles. The second kappa shape index (κ2) is 8.76. The lowest BCUT2D eigenvalue weighted by Gasteiger charge is -2.23. The highest BCUT2D eigenvalue weighted by Crippen LogP contribution is 2.29. The van der Waals surface area contributed by atoms with E-state index in [0.717, 1.165) is 37.0 Å². The van der Waals surface area contributed by atoms with Crippen LogP contribution in [0.2, 0.25) is 0 Å². The van der Waals surface area contributed by atoms with Crippen molar-refractivity contribution >= 4 is 33.9 Å². The summed E-state index contributed by atoms with van der Waals surface area (Å²) in [5.41, 5.74) is 2.14. The summed E-state index contributed by atoms with van der Waals surface area (Å²) in [5.74, 6) is 2.27. The van der Waals surface area contributed by atoms with Crippen LogP contribution >= 0.6 is 0 Å². The minimum absolute atomic E-state index is 0.102. The molecule has 8 heteroatoms. The second-order valence-electron chi connectivity index (χ2n) is 8.04. The van der Waals surface area contributed by atoms with Gasteiger partial charge in [-0.25, -0.2) is 9.97 Å². The van der Waals surface area contributed by atoms with Crippen LogP contribution in [0.1, 0.15) is 24.3 Å². The number of nitrogens with one attached hydrogen (secondary N) is 3. The first-order valence-electron chi connectivity index (χ1n) is 10.8. The van der Waals surface area contributed by atoms with Gasteiger partial charge in [-0.3, -0.25) is 9.78 Å². The summed E-state index contributed by atoms with van der Waals surface area (Å²) in [5, 5.41) is 11.3. The van der Waals surface area contributed by atoms with Crippen molar-refractivity contribution in [2.75, 3.05) is 23.7 Å². The van der Waals surface area contributed by atoms with Crippen LogP contribution in [-0.2, 0) is 7.05 Å². The number of pyridine rings is 2. The molecule has 1 saturated heterocycles. The molecule has 0 bridgehead atoms. The monoisotopic (exact) mass is 427 g/mol. The lowest BCUT2D eigenvalue weighted by atomic mass is 9.90. The van der Waals surface area contributed by atoms with E-state index in [1.807, 2.05) is 12.1 Å². The molecule has 3 aromatic heterocycles. The van der Waals surface area contributed by atoms with Crippen molar-refractivity contribution in [2.45, 2.75) is 18.8 Å². The van der Waals surface area contributed by atoms with E-state index in [1.165, 1.54) is 5.56 Å². The Labute approximate surface area is 185 Å². The van der Waals surface area contributed by atoms with Crippen LogP contribution in [0.4, 0.5) is 23.1 Å². The third-order valence-electron chi connectivity index (χ3n) is 5.87. The fraction of sp³-hybridized carbons (Fsp3) is 0.250. The van der Waals surface area contributed by atoms with Crippen molar-refractivity contribution in [1.29, 1.82) is 0 Å². The molecule has 1 aliphatic rings. The molecular formula is C24H25N7O. The molecule has 32 heavy (non-hydrogen) atoms. The Morgan fingerprint density at radius 3 is 2.59 bits per heavy atom. The number of hydrogen-bond donors (Lipinski definition) is 3. The van der Waals surface area contributed by atoms with Crippen LogP contribution in [0.3, 0.4) is 0 Å². The van der Waals surface area contributed by atoms with Crippen molar-refractivity contribution in [3.05, 3.63) is 77.1 Å². The Hall–Kier alpha value is -3.78.